The summed E-state index contributed by atoms with van der Waals surface area (Å²) >= 11 is 0. The van der Waals surface area contributed by atoms with E-state index in [1.54, 1.807) is 11.1 Å². The van der Waals surface area contributed by atoms with E-state index in [1.165, 1.54) is 25.7 Å². The number of allylic oxidation sites excluding steroid dienone is 4. The molecule has 0 saturated heterocycles. The van der Waals surface area contributed by atoms with Crippen LogP contribution in [0.25, 0.3) is 0 Å². The van der Waals surface area contributed by atoms with E-state index in [1.807, 2.05) is 0 Å². The Labute approximate surface area is 76.4 Å². The molecular formula is C12H20. The monoisotopic (exact) mass is 164 g/mol. The zero-order chi connectivity index (χ0) is 8.97. The van der Waals surface area contributed by atoms with Gasteiger partial charge in [-0.3, -0.25) is 0 Å². The molecule has 0 N–H and O–H groups in total. The van der Waals surface area contributed by atoms with Gasteiger partial charge in [0.15, 0.2) is 0 Å². The molecule has 0 fully saturated rings. The highest BCUT2D eigenvalue weighted by Crippen LogP contribution is 2.31. The lowest BCUT2D eigenvalue weighted by Gasteiger charge is -2.09. The Hall–Kier alpha value is -0.520. The fraction of sp³-hybridized carbons (Fsp3) is 0.667. The van der Waals surface area contributed by atoms with Crippen molar-refractivity contribution in [3.8, 4) is 0 Å². The zero-order valence-electron chi connectivity index (χ0n) is 8.56. The van der Waals surface area contributed by atoms with Crippen molar-refractivity contribution >= 4 is 0 Å². The first-order chi connectivity index (χ1) is 5.81. The molecule has 0 bridgehead atoms. The van der Waals surface area contributed by atoms with Crippen LogP contribution >= 0.6 is 0 Å². The van der Waals surface area contributed by atoms with E-state index in [2.05, 4.69) is 32.9 Å². The number of hydrogen-bond donors (Lipinski definition) is 0. The third-order valence-electron chi connectivity index (χ3n) is 2.68. The van der Waals surface area contributed by atoms with Crippen molar-refractivity contribution in [1.82, 2.24) is 0 Å². The van der Waals surface area contributed by atoms with Crippen LogP contribution in [0, 0.1) is 5.92 Å². The molecular weight excluding hydrogens is 144 g/mol. The number of hydrogen-bond acceptors (Lipinski definition) is 0. The van der Waals surface area contributed by atoms with Gasteiger partial charge in [-0.2, -0.15) is 0 Å². The summed E-state index contributed by atoms with van der Waals surface area (Å²) in [5.41, 5.74) is 3.19. The van der Waals surface area contributed by atoms with Crippen LogP contribution in [0.1, 0.15) is 46.5 Å². The van der Waals surface area contributed by atoms with E-state index in [0.717, 1.165) is 5.92 Å². The van der Waals surface area contributed by atoms with E-state index in [-0.39, 0.29) is 0 Å². The fourth-order valence-corrected chi connectivity index (χ4v) is 1.92. The highest BCUT2D eigenvalue weighted by Gasteiger charge is 2.15. The summed E-state index contributed by atoms with van der Waals surface area (Å²) in [5, 5.41) is 0. The highest BCUT2D eigenvalue weighted by molar-refractivity contribution is 5.35. The molecule has 0 aliphatic heterocycles. The van der Waals surface area contributed by atoms with Crippen LogP contribution in [0.4, 0.5) is 0 Å². The summed E-state index contributed by atoms with van der Waals surface area (Å²) in [6, 6.07) is 0. The molecule has 1 unspecified atom stereocenters. The zero-order valence-corrected chi connectivity index (χ0v) is 8.56. The van der Waals surface area contributed by atoms with Crippen molar-refractivity contribution < 1.29 is 0 Å². The van der Waals surface area contributed by atoms with E-state index < -0.39 is 0 Å². The summed E-state index contributed by atoms with van der Waals surface area (Å²) in [6.07, 6.45) is 9.93. The normalized spacial score (nSPS) is 22.4. The van der Waals surface area contributed by atoms with Crippen molar-refractivity contribution in [2.45, 2.75) is 46.5 Å². The average Bonchev–Trinajstić information content (AvgIpc) is 2.48. The van der Waals surface area contributed by atoms with Crippen molar-refractivity contribution in [2.75, 3.05) is 0 Å². The smallest absolute Gasteiger partial charge is 0.00145 e. The summed E-state index contributed by atoms with van der Waals surface area (Å²) in [5.74, 6) is 0.773. The first-order valence-corrected chi connectivity index (χ1v) is 5.22. The predicted octanol–water partition coefficient (Wildman–Crippen LogP) is 4.09. The van der Waals surface area contributed by atoms with Crippen LogP contribution in [-0.4, -0.2) is 0 Å². The molecule has 0 nitrogen and oxygen atoms in total. The van der Waals surface area contributed by atoms with Crippen molar-refractivity contribution in [3.05, 3.63) is 23.3 Å². The molecule has 0 saturated carbocycles. The lowest BCUT2D eigenvalue weighted by atomic mass is 9.96. The summed E-state index contributed by atoms with van der Waals surface area (Å²) in [4.78, 5) is 0. The molecule has 12 heavy (non-hydrogen) atoms. The molecule has 0 heteroatoms. The van der Waals surface area contributed by atoms with Gasteiger partial charge < -0.3 is 0 Å². The van der Waals surface area contributed by atoms with Gasteiger partial charge in [0.05, 0.1) is 0 Å². The van der Waals surface area contributed by atoms with Crippen LogP contribution in [0.15, 0.2) is 23.3 Å². The quantitative estimate of drug-likeness (QED) is 0.587. The van der Waals surface area contributed by atoms with Gasteiger partial charge in [-0.05, 0) is 25.2 Å². The lowest BCUT2D eigenvalue weighted by Crippen LogP contribution is -1.95. The van der Waals surface area contributed by atoms with Gasteiger partial charge in [0.2, 0.25) is 0 Å². The molecule has 0 aromatic heterocycles. The molecule has 0 amide bonds. The molecule has 1 atom stereocenters. The van der Waals surface area contributed by atoms with Gasteiger partial charge in [0, 0.05) is 0 Å². The third-order valence-corrected chi connectivity index (χ3v) is 2.68. The van der Waals surface area contributed by atoms with E-state index in [4.69, 9.17) is 0 Å². The standard InChI is InChI=1S/C12H20/c1-4-7-12-9-10(5-2)8-11(12)6-3/h8-9,12H,4-7H2,1-3H3. The molecule has 0 spiro atoms. The molecule has 1 aliphatic rings. The lowest BCUT2D eigenvalue weighted by molar-refractivity contribution is 0.648. The minimum atomic E-state index is 0.773. The second kappa shape index (κ2) is 4.49. The van der Waals surface area contributed by atoms with E-state index in [9.17, 15) is 0 Å². The fourth-order valence-electron chi connectivity index (χ4n) is 1.92. The average molecular weight is 164 g/mol. The van der Waals surface area contributed by atoms with Crippen LogP contribution in [0.2, 0.25) is 0 Å². The van der Waals surface area contributed by atoms with Gasteiger partial charge in [0.25, 0.3) is 0 Å². The first kappa shape index (κ1) is 9.57. The third kappa shape index (κ3) is 2.00. The Morgan fingerprint density at radius 3 is 2.42 bits per heavy atom. The van der Waals surface area contributed by atoms with Gasteiger partial charge in [0.1, 0.15) is 0 Å². The SMILES string of the molecule is CCCC1C=C(CC)C=C1CC. The van der Waals surface area contributed by atoms with Crippen LogP contribution in [0.5, 0.6) is 0 Å². The second-order valence-electron chi connectivity index (χ2n) is 3.56. The predicted molar refractivity (Wildman–Crippen MR) is 55.1 cm³/mol. The first-order valence-electron chi connectivity index (χ1n) is 5.22. The Morgan fingerprint density at radius 1 is 1.17 bits per heavy atom. The minimum Gasteiger partial charge on any atom is -0.0741 e. The van der Waals surface area contributed by atoms with Gasteiger partial charge in [-0.15, -0.1) is 0 Å². The van der Waals surface area contributed by atoms with Crippen molar-refractivity contribution in [2.24, 2.45) is 5.92 Å². The summed E-state index contributed by atoms with van der Waals surface area (Å²) < 4.78 is 0. The summed E-state index contributed by atoms with van der Waals surface area (Å²) in [7, 11) is 0. The molecule has 68 valence electrons. The minimum absolute atomic E-state index is 0.773. The van der Waals surface area contributed by atoms with Crippen LogP contribution in [0.3, 0.4) is 0 Å². The van der Waals surface area contributed by atoms with Crippen molar-refractivity contribution in [1.29, 1.82) is 0 Å². The Morgan fingerprint density at radius 2 is 1.92 bits per heavy atom. The maximum absolute atomic E-state index is 2.46. The maximum atomic E-state index is 2.46. The van der Waals surface area contributed by atoms with E-state index in [0.29, 0.717) is 0 Å². The highest BCUT2D eigenvalue weighted by atomic mass is 14.2. The van der Waals surface area contributed by atoms with Gasteiger partial charge in [-0.1, -0.05) is 50.5 Å². The Bertz CT molecular complexity index is 196. The van der Waals surface area contributed by atoms with E-state index >= 15 is 0 Å². The van der Waals surface area contributed by atoms with Gasteiger partial charge >= 0.3 is 0 Å². The Kier molecular flexibility index (Phi) is 3.58. The molecule has 1 rings (SSSR count). The topological polar surface area (TPSA) is 0 Å². The molecule has 0 radical (unpaired) electrons. The second-order valence-corrected chi connectivity index (χ2v) is 3.56. The molecule has 0 aromatic rings. The molecule has 0 heterocycles. The summed E-state index contributed by atoms with van der Waals surface area (Å²) in [6.45, 7) is 6.77. The molecule has 1 aliphatic carbocycles. The van der Waals surface area contributed by atoms with Crippen molar-refractivity contribution in [3.63, 3.8) is 0 Å². The number of rotatable bonds is 4. The Balaban J connectivity index is 2.62. The largest absolute Gasteiger partial charge is 0.0741 e. The maximum Gasteiger partial charge on any atom is -0.00145 e. The van der Waals surface area contributed by atoms with Crippen LogP contribution in [-0.2, 0) is 0 Å². The van der Waals surface area contributed by atoms with Gasteiger partial charge in [-0.25, -0.2) is 0 Å². The molecule has 0 aromatic carbocycles. The van der Waals surface area contributed by atoms with Crippen LogP contribution < -0.4 is 0 Å².